The van der Waals surface area contributed by atoms with Gasteiger partial charge in [0.05, 0.1) is 18.3 Å². The summed E-state index contributed by atoms with van der Waals surface area (Å²) in [7, 11) is -3.36. The topological polar surface area (TPSA) is 113 Å². The lowest BCUT2D eigenvalue weighted by Gasteiger charge is -2.25. The molecule has 23 heavy (non-hydrogen) atoms. The molecule has 4 atom stereocenters. The highest BCUT2D eigenvalue weighted by atomic mass is 31.2. The Morgan fingerprint density at radius 3 is 2.52 bits per heavy atom. The highest BCUT2D eigenvalue weighted by molar-refractivity contribution is 7.58. The highest BCUT2D eigenvalue weighted by Crippen LogP contribution is 2.45. The molecule has 1 fully saturated rings. The Morgan fingerprint density at radius 2 is 1.96 bits per heavy atom. The SMILES string of the molecule is CCC(C)[C@H](N)C(=O)NC[C@@H](O)CP(=O)(O)CC1CCCCC1. The van der Waals surface area contributed by atoms with E-state index in [1.807, 2.05) is 13.8 Å². The van der Waals surface area contributed by atoms with Crippen LogP contribution >= 0.6 is 7.37 Å². The third-order valence-electron chi connectivity index (χ3n) is 4.84. The van der Waals surface area contributed by atoms with Crippen molar-refractivity contribution in [1.82, 2.24) is 5.32 Å². The summed E-state index contributed by atoms with van der Waals surface area (Å²) in [5, 5.41) is 12.5. The smallest absolute Gasteiger partial charge is 0.237 e. The lowest BCUT2D eigenvalue weighted by Crippen LogP contribution is -2.47. The summed E-state index contributed by atoms with van der Waals surface area (Å²) < 4.78 is 12.3. The van der Waals surface area contributed by atoms with Crippen molar-refractivity contribution < 1.29 is 19.4 Å². The zero-order valence-corrected chi connectivity index (χ0v) is 15.3. The van der Waals surface area contributed by atoms with E-state index in [1.165, 1.54) is 6.42 Å². The zero-order chi connectivity index (χ0) is 17.5. The Kier molecular flexibility index (Phi) is 8.76. The Hall–Kier alpha value is -0.420. The predicted octanol–water partition coefficient (Wildman–Crippen LogP) is 1.69. The lowest BCUT2D eigenvalue weighted by atomic mass is 9.91. The van der Waals surface area contributed by atoms with E-state index in [2.05, 4.69) is 5.32 Å². The van der Waals surface area contributed by atoms with Gasteiger partial charge in [0.25, 0.3) is 0 Å². The highest BCUT2D eigenvalue weighted by Gasteiger charge is 2.28. The van der Waals surface area contributed by atoms with Crippen LogP contribution in [0.25, 0.3) is 0 Å². The molecule has 0 aliphatic heterocycles. The van der Waals surface area contributed by atoms with Gasteiger partial charge in [0, 0.05) is 12.7 Å². The number of aliphatic hydroxyl groups is 1. The quantitative estimate of drug-likeness (QED) is 0.474. The Bertz CT molecular complexity index is 413. The summed E-state index contributed by atoms with van der Waals surface area (Å²) in [5.41, 5.74) is 5.81. The van der Waals surface area contributed by atoms with Crippen LogP contribution in [-0.4, -0.2) is 46.9 Å². The van der Waals surface area contributed by atoms with Crippen LogP contribution in [0.5, 0.6) is 0 Å². The van der Waals surface area contributed by atoms with E-state index >= 15 is 0 Å². The maximum atomic E-state index is 12.3. The van der Waals surface area contributed by atoms with E-state index in [0.717, 1.165) is 32.1 Å². The molecule has 0 aromatic rings. The zero-order valence-electron chi connectivity index (χ0n) is 14.4. The van der Waals surface area contributed by atoms with E-state index in [1.54, 1.807) is 0 Å². The standard InChI is InChI=1S/C16H33N2O4P/c1-3-12(2)15(17)16(20)18-9-14(19)11-23(21,22)10-13-7-5-4-6-8-13/h12-15,19H,3-11,17H2,1-2H3,(H,18,20)(H,21,22)/t12?,14-,15+/m1/s1. The fourth-order valence-electron chi connectivity index (χ4n) is 3.09. The van der Waals surface area contributed by atoms with Gasteiger partial charge >= 0.3 is 0 Å². The second-order valence-electron chi connectivity index (χ2n) is 7.03. The molecule has 2 unspecified atom stereocenters. The molecule has 0 aromatic heterocycles. The number of aliphatic hydroxyl groups excluding tert-OH is 1. The van der Waals surface area contributed by atoms with E-state index in [4.69, 9.17) is 5.73 Å². The van der Waals surface area contributed by atoms with Gasteiger partial charge in [-0.15, -0.1) is 0 Å². The molecule has 1 rings (SSSR count). The number of hydrogen-bond acceptors (Lipinski definition) is 4. The molecule has 0 heterocycles. The van der Waals surface area contributed by atoms with Gasteiger partial charge in [0.1, 0.15) is 0 Å². The molecule has 0 spiro atoms. The van der Waals surface area contributed by atoms with Gasteiger partial charge in [-0.25, -0.2) is 0 Å². The van der Waals surface area contributed by atoms with Crippen LogP contribution in [0.2, 0.25) is 0 Å². The monoisotopic (exact) mass is 348 g/mol. The third-order valence-corrected chi connectivity index (χ3v) is 6.91. The Morgan fingerprint density at radius 1 is 1.35 bits per heavy atom. The number of amides is 1. The van der Waals surface area contributed by atoms with E-state index in [0.29, 0.717) is 5.92 Å². The van der Waals surface area contributed by atoms with Gasteiger partial charge in [-0.2, -0.15) is 0 Å². The summed E-state index contributed by atoms with van der Waals surface area (Å²) in [5.74, 6) is 0.0287. The minimum absolute atomic E-state index is 0.0296. The molecule has 1 amide bonds. The second kappa shape index (κ2) is 9.77. The minimum Gasteiger partial charge on any atom is -0.391 e. The van der Waals surface area contributed by atoms with E-state index in [-0.39, 0.29) is 30.7 Å². The minimum atomic E-state index is -3.36. The summed E-state index contributed by atoms with van der Waals surface area (Å²) in [4.78, 5) is 21.9. The van der Waals surface area contributed by atoms with Crippen molar-refractivity contribution in [2.24, 2.45) is 17.6 Å². The maximum Gasteiger partial charge on any atom is 0.237 e. The van der Waals surface area contributed by atoms with Crippen LogP contribution in [0, 0.1) is 11.8 Å². The maximum absolute atomic E-state index is 12.3. The summed E-state index contributed by atoms with van der Waals surface area (Å²) >= 11 is 0. The van der Waals surface area contributed by atoms with Crippen molar-refractivity contribution in [3.63, 3.8) is 0 Å². The van der Waals surface area contributed by atoms with Gasteiger partial charge in [-0.3, -0.25) is 9.36 Å². The summed E-state index contributed by atoms with van der Waals surface area (Å²) in [6, 6.07) is -0.615. The van der Waals surface area contributed by atoms with Crippen LogP contribution in [0.1, 0.15) is 52.4 Å². The fourth-order valence-corrected chi connectivity index (χ4v) is 5.20. The number of rotatable bonds is 9. The van der Waals surface area contributed by atoms with Gasteiger partial charge in [0.2, 0.25) is 13.3 Å². The molecule has 0 radical (unpaired) electrons. The van der Waals surface area contributed by atoms with Gasteiger partial charge < -0.3 is 21.1 Å². The average Bonchev–Trinajstić information content (AvgIpc) is 2.51. The largest absolute Gasteiger partial charge is 0.391 e. The van der Waals surface area contributed by atoms with Crippen molar-refractivity contribution in [2.75, 3.05) is 18.9 Å². The molecule has 136 valence electrons. The molecule has 0 saturated heterocycles. The van der Waals surface area contributed by atoms with Crippen LogP contribution < -0.4 is 11.1 Å². The van der Waals surface area contributed by atoms with Crippen molar-refractivity contribution in [1.29, 1.82) is 0 Å². The normalized spacial score (nSPS) is 22.8. The molecule has 5 N–H and O–H groups in total. The first-order valence-corrected chi connectivity index (χ1v) is 10.8. The molecular weight excluding hydrogens is 315 g/mol. The lowest BCUT2D eigenvalue weighted by molar-refractivity contribution is -0.123. The first kappa shape index (κ1) is 20.6. The van der Waals surface area contributed by atoms with Crippen molar-refractivity contribution >= 4 is 13.3 Å². The number of carbonyl (C=O) groups is 1. The summed E-state index contributed by atoms with van der Waals surface area (Å²) in [6.07, 6.45) is 5.35. The molecule has 1 aliphatic carbocycles. The number of nitrogens with two attached hydrogens (primary N) is 1. The molecule has 1 saturated carbocycles. The van der Waals surface area contributed by atoms with Crippen molar-refractivity contribution in [2.45, 2.75) is 64.5 Å². The first-order chi connectivity index (χ1) is 10.7. The van der Waals surface area contributed by atoms with Gasteiger partial charge in [0.15, 0.2) is 0 Å². The van der Waals surface area contributed by atoms with E-state index < -0.39 is 19.5 Å². The van der Waals surface area contributed by atoms with Crippen LogP contribution in [0.15, 0.2) is 0 Å². The van der Waals surface area contributed by atoms with Crippen molar-refractivity contribution in [3.8, 4) is 0 Å². The molecule has 0 aromatic carbocycles. The molecule has 7 heteroatoms. The second-order valence-corrected chi connectivity index (χ2v) is 9.45. The predicted molar refractivity (Wildman–Crippen MR) is 92.6 cm³/mol. The molecular formula is C16H33N2O4P. The summed E-state index contributed by atoms with van der Waals surface area (Å²) in [6.45, 7) is 3.82. The third kappa shape index (κ3) is 7.79. The molecule has 0 bridgehead atoms. The van der Waals surface area contributed by atoms with Crippen molar-refractivity contribution in [3.05, 3.63) is 0 Å². The van der Waals surface area contributed by atoms with Gasteiger partial charge in [-0.05, 0) is 24.7 Å². The first-order valence-electron chi connectivity index (χ1n) is 8.77. The van der Waals surface area contributed by atoms with Crippen LogP contribution in [0.3, 0.4) is 0 Å². The average molecular weight is 348 g/mol. The van der Waals surface area contributed by atoms with E-state index in [9.17, 15) is 19.4 Å². The Labute approximate surface area is 139 Å². The Balaban J connectivity index is 2.35. The fraction of sp³-hybridized carbons (Fsp3) is 0.938. The molecule has 6 nitrogen and oxygen atoms in total. The molecule has 1 aliphatic rings. The van der Waals surface area contributed by atoms with Crippen LogP contribution in [-0.2, 0) is 9.36 Å². The number of hydrogen-bond donors (Lipinski definition) is 4. The van der Waals surface area contributed by atoms with Crippen LogP contribution in [0.4, 0.5) is 0 Å². The number of carbonyl (C=O) groups excluding carboxylic acids is 1. The number of nitrogens with one attached hydrogen (secondary N) is 1. The van der Waals surface area contributed by atoms with Gasteiger partial charge in [-0.1, -0.05) is 39.5 Å².